The van der Waals surface area contributed by atoms with Crippen molar-refractivity contribution in [1.29, 1.82) is 0 Å². The van der Waals surface area contributed by atoms with E-state index >= 15 is 0 Å². The van der Waals surface area contributed by atoms with Gasteiger partial charge < -0.3 is 9.63 Å². The SMILES string of the molecule is C=CCC(O)c1cc(-c2ccc(C)cc2)no1. The van der Waals surface area contributed by atoms with Crippen LogP contribution in [0.1, 0.15) is 23.8 Å². The molecule has 3 heteroatoms. The number of hydrogen-bond donors (Lipinski definition) is 1. The third kappa shape index (κ3) is 2.63. The monoisotopic (exact) mass is 229 g/mol. The first-order valence-electron chi connectivity index (χ1n) is 5.53. The molecule has 2 aromatic rings. The highest BCUT2D eigenvalue weighted by Gasteiger charge is 2.13. The Morgan fingerprint density at radius 1 is 1.41 bits per heavy atom. The van der Waals surface area contributed by atoms with Gasteiger partial charge in [-0.1, -0.05) is 41.1 Å². The second kappa shape index (κ2) is 4.97. The molecule has 0 aliphatic heterocycles. The van der Waals surface area contributed by atoms with E-state index < -0.39 is 6.10 Å². The Hall–Kier alpha value is -1.87. The molecule has 0 aliphatic rings. The van der Waals surface area contributed by atoms with E-state index in [0.29, 0.717) is 12.2 Å². The van der Waals surface area contributed by atoms with Gasteiger partial charge in [0.05, 0.1) is 0 Å². The number of benzene rings is 1. The summed E-state index contributed by atoms with van der Waals surface area (Å²) in [7, 11) is 0. The van der Waals surface area contributed by atoms with Crippen molar-refractivity contribution >= 4 is 0 Å². The lowest BCUT2D eigenvalue weighted by Gasteiger charge is -2.00. The van der Waals surface area contributed by atoms with E-state index in [9.17, 15) is 5.11 Å². The van der Waals surface area contributed by atoms with Crippen molar-refractivity contribution in [2.45, 2.75) is 19.4 Å². The molecule has 0 fully saturated rings. The fraction of sp³-hybridized carbons (Fsp3) is 0.214. The third-order valence-electron chi connectivity index (χ3n) is 2.59. The van der Waals surface area contributed by atoms with Crippen LogP contribution in [0.15, 0.2) is 47.5 Å². The molecule has 0 saturated heterocycles. The Bertz CT molecular complexity index is 499. The number of aryl methyl sites for hydroxylation is 1. The van der Waals surface area contributed by atoms with E-state index in [1.807, 2.05) is 31.2 Å². The summed E-state index contributed by atoms with van der Waals surface area (Å²) in [6, 6.07) is 9.76. The molecule has 17 heavy (non-hydrogen) atoms. The fourth-order valence-corrected chi connectivity index (χ4v) is 1.58. The first-order valence-corrected chi connectivity index (χ1v) is 5.53. The van der Waals surface area contributed by atoms with Gasteiger partial charge in [-0.3, -0.25) is 0 Å². The van der Waals surface area contributed by atoms with Crippen LogP contribution in [-0.2, 0) is 0 Å². The largest absolute Gasteiger partial charge is 0.385 e. The van der Waals surface area contributed by atoms with Gasteiger partial charge >= 0.3 is 0 Å². The number of aliphatic hydroxyl groups is 1. The van der Waals surface area contributed by atoms with Crippen LogP contribution in [0.25, 0.3) is 11.3 Å². The molecule has 2 rings (SSSR count). The minimum atomic E-state index is -0.667. The molecule has 0 bridgehead atoms. The van der Waals surface area contributed by atoms with Crippen LogP contribution < -0.4 is 0 Å². The molecule has 0 radical (unpaired) electrons. The number of nitrogens with zero attached hydrogens (tertiary/aromatic N) is 1. The number of aromatic nitrogens is 1. The zero-order valence-corrected chi connectivity index (χ0v) is 9.76. The predicted octanol–water partition coefficient (Wildman–Crippen LogP) is 3.26. The highest BCUT2D eigenvalue weighted by Crippen LogP contribution is 2.24. The third-order valence-corrected chi connectivity index (χ3v) is 2.59. The molecule has 1 atom stereocenters. The lowest BCUT2D eigenvalue weighted by Crippen LogP contribution is -1.92. The summed E-state index contributed by atoms with van der Waals surface area (Å²) < 4.78 is 5.12. The number of hydrogen-bond acceptors (Lipinski definition) is 3. The van der Waals surface area contributed by atoms with Crippen LogP contribution in [-0.4, -0.2) is 10.3 Å². The van der Waals surface area contributed by atoms with Crippen molar-refractivity contribution in [2.24, 2.45) is 0 Å². The maximum Gasteiger partial charge on any atom is 0.166 e. The van der Waals surface area contributed by atoms with Crippen LogP contribution in [0.2, 0.25) is 0 Å². The molecule has 88 valence electrons. The quantitative estimate of drug-likeness (QED) is 0.818. The zero-order chi connectivity index (χ0) is 12.3. The molecular formula is C14H15NO2. The summed E-state index contributed by atoms with van der Waals surface area (Å²) >= 11 is 0. The van der Waals surface area contributed by atoms with Crippen LogP contribution >= 0.6 is 0 Å². The normalized spacial score (nSPS) is 12.4. The Morgan fingerprint density at radius 2 is 2.12 bits per heavy atom. The first-order chi connectivity index (χ1) is 8.20. The van der Waals surface area contributed by atoms with E-state index in [1.165, 1.54) is 5.56 Å². The van der Waals surface area contributed by atoms with Crippen LogP contribution in [0, 0.1) is 6.92 Å². The van der Waals surface area contributed by atoms with Crippen LogP contribution in [0.3, 0.4) is 0 Å². The fourth-order valence-electron chi connectivity index (χ4n) is 1.58. The summed E-state index contributed by atoms with van der Waals surface area (Å²) in [5, 5.41) is 13.7. The highest BCUT2D eigenvalue weighted by atomic mass is 16.5. The minimum absolute atomic E-state index is 0.461. The molecule has 0 aliphatic carbocycles. The van der Waals surface area contributed by atoms with Gasteiger partial charge in [-0.2, -0.15) is 0 Å². The van der Waals surface area contributed by atoms with Gasteiger partial charge in [-0.15, -0.1) is 6.58 Å². The molecule has 3 nitrogen and oxygen atoms in total. The summed E-state index contributed by atoms with van der Waals surface area (Å²) in [6.07, 6.45) is 1.44. The summed E-state index contributed by atoms with van der Waals surface area (Å²) in [4.78, 5) is 0. The van der Waals surface area contributed by atoms with Gasteiger partial charge in [0.2, 0.25) is 0 Å². The molecule has 1 unspecified atom stereocenters. The van der Waals surface area contributed by atoms with Crippen molar-refractivity contribution in [3.05, 3.63) is 54.3 Å². The highest BCUT2D eigenvalue weighted by molar-refractivity contribution is 5.59. The Labute approximate surface area is 100 Å². The van der Waals surface area contributed by atoms with E-state index in [2.05, 4.69) is 11.7 Å². The molecular weight excluding hydrogens is 214 g/mol. The smallest absolute Gasteiger partial charge is 0.166 e. The maximum atomic E-state index is 9.72. The van der Waals surface area contributed by atoms with Gasteiger partial charge in [0.25, 0.3) is 0 Å². The molecule has 1 N–H and O–H groups in total. The Kier molecular flexibility index (Phi) is 3.40. The van der Waals surface area contributed by atoms with Gasteiger partial charge in [-0.05, 0) is 13.3 Å². The van der Waals surface area contributed by atoms with Gasteiger partial charge in [-0.25, -0.2) is 0 Å². The van der Waals surface area contributed by atoms with Gasteiger partial charge in [0.1, 0.15) is 11.8 Å². The number of aliphatic hydroxyl groups excluding tert-OH is 1. The molecule has 0 saturated carbocycles. The van der Waals surface area contributed by atoms with Crippen molar-refractivity contribution in [1.82, 2.24) is 5.16 Å². The number of rotatable bonds is 4. The molecule has 1 heterocycles. The average molecular weight is 229 g/mol. The lowest BCUT2D eigenvalue weighted by atomic mass is 10.1. The second-order valence-corrected chi connectivity index (χ2v) is 4.02. The molecule has 0 amide bonds. The Balaban J connectivity index is 2.23. The van der Waals surface area contributed by atoms with Gasteiger partial charge in [0.15, 0.2) is 5.76 Å². The maximum absolute atomic E-state index is 9.72. The van der Waals surface area contributed by atoms with E-state index in [4.69, 9.17) is 4.52 Å². The Morgan fingerprint density at radius 3 is 2.76 bits per heavy atom. The lowest BCUT2D eigenvalue weighted by molar-refractivity contribution is 0.142. The van der Waals surface area contributed by atoms with E-state index in [0.717, 1.165) is 11.3 Å². The topological polar surface area (TPSA) is 46.3 Å². The molecule has 0 spiro atoms. The van der Waals surface area contributed by atoms with Crippen molar-refractivity contribution < 1.29 is 9.63 Å². The van der Waals surface area contributed by atoms with Crippen LogP contribution in [0.5, 0.6) is 0 Å². The molecule has 1 aromatic carbocycles. The van der Waals surface area contributed by atoms with Crippen LogP contribution in [0.4, 0.5) is 0 Å². The first kappa shape index (κ1) is 11.6. The second-order valence-electron chi connectivity index (χ2n) is 4.02. The van der Waals surface area contributed by atoms with Gasteiger partial charge in [0, 0.05) is 11.6 Å². The van der Waals surface area contributed by atoms with E-state index in [1.54, 1.807) is 12.1 Å². The van der Waals surface area contributed by atoms with Crippen molar-refractivity contribution in [3.63, 3.8) is 0 Å². The summed E-state index contributed by atoms with van der Waals surface area (Å²) in [5.41, 5.74) is 2.92. The standard InChI is InChI=1S/C14H15NO2/c1-3-4-13(16)14-9-12(15-17-14)11-7-5-10(2)6-8-11/h3,5-9,13,16H,1,4H2,2H3. The van der Waals surface area contributed by atoms with E-state index in [-0.39, 0.29) is 0 Å². The minimum Gasteiger partial charge on any atom is -0.385 e. The summed E-state index contributed by atoms with van der Waals surface area (Å²) in [6.45, 7) is 5.61. The molecule has 1 aromatic heterocycles. The average Bonchev–Trinajstić information content (AvgIpc) is 2.80. The van der Waals surface area contributed by atoms with Crippen molar-refractivity contribution in [2.75, 3.05) is 0 Å². The zero-order valence-electron chi connectivity index (χ0n) is 9.76. The predicted molar refractivity (Wildman–Crippen MR) is 66.4 cm³/mol. The summed E-state index contributed by atoms with van der Waals surface area (Å²) in [5.74, 6) is 0.473. The van der Waals surface area contributed by atoms with Crippen molar-refractivity contribution in [3.8, 4) is 11.3 Å².